The molecular formula is C12H20O5. The standard InChI is InChI=1S/C12H20O5/c1-5-8(6-2)11(14)9(12(15)17-4)7-10(13)16-3/h8-9H,5-7H2,1-4H3. The van der Waals surface area contributed by atoms with Gasteiger partial charge >= 0.3 is 11.9 Å². The van der Waals surface area contributed by atoms with E-state index in [2.05, 4.69) is 9.47 Å². The Hall–Kier alpha value is -1.39. The third kappa shape index (κ3) is 4.54. The van der Waals surface area contributed by atoms with Gasteiger partial charge in [-0.15, -0.1) is 0 Å². The van der Waals surface area contributed by atoms with Crippen LogP contribution >= 0.6 is 0 Å². The van der Waals surface area contributed by atoms with Crippen molar-refractivity contribution < 1.29 is 23.9 Å². The maximum atomic E-state index is 12.0. The first-order valence-corrected chi connectivity index (χ1v) is 5.70. The second-order valence-corrected chi connectivity index (χ2v) is 3.77. The first kappa shape index (κ1) is 15.6. The first-order valence-electron chi connectivity index (χ1n) is 5.70. The van der Waals surface area contributed by atoms with Gasteiger partial charge in [0.2, 0.25) is 0 Å². The topological polar surface area (TPSA) is 69.7 Å². The van der Waals surface area contributed by atoms with Crippen molar-refractivity contribution >= 4 is 17.7 Å². The number of carbonyl (C=O) groups is 3. The number of rotatable bonds is 7. The monoisotopic (exact) mass is 244 g/mol. The Morgan fingerprint density at radius 3 is 1.88 bits per heavy atom. The molecule has 0 aromatic rings. The fourth-order valence-electron chi connectivity index (χ4n) is 1.67. The lowest BCUT2D eigenvalue weighted by atomic mass is 9.87. The fourth-order valence-corrected chi connectivity index (χ4v) is 1.67. The Kier molecular flexibility index (Phi) is 7.18. The Labute approximate surface area is 101 Å². The van der Waals surface area contributed by atoms with Gasteiger partial charge in [-0.2, -0.15) is 0 Å². The SMILES string of the molecule is CCC(CC)C(=O)C(CC(=O)OC)C(=O)OC. The maximum absolute atomic E-state index is 12.0. The van der Waals surface area contributed by atoms with E-state index in [4.69, 9.17) is 0 Å². The molecule has 0 aliphatic heterocycles. The predicted molar refractivity (Wildman–Crippen MR) is 61.2 cm³/mol. The van der Waals surface area contributed by atoms with Crippen molar-refractivity contribution in [2.75, 3.05) is 14.2 Å². The van der Waals surface area contributed by atoms with E-state index < -0.39 is 17.9 Å². The molecule has 0 saturated carbocycles. The Morgan fingerprint density at radius 1 is 1.00 bits per heavy atom. The highest BCUT2D eigenvalue weighted by atomic mass is 16.5. The van der Waals surface area contributed by atoms with Crippen LogP contribution in [0.25, 0.3) is 0 Å². The molecule has 5 heteroatoms. The van der Waals surface area contributed by atoms with Crippen LogP contribution in [0, 0.1) is 11.8 Å². The van der Waals surface area contributed by atoms with Gasteiger partial charge in [-0.25, -0.2) is 0 Å². The zero-order chi connectivity index (χ0) is 13.4. The van der Waals surface area contributed by atoms with E-state index in [1.54, 1.807) is 0 Å². The molecule has 0 aromatic heterocycles. The summed E-state index contributed by atoms with van der Waals surface area (Å²) < 4.78 is 9.02. The summed E-state index contributed by atoms with van der Waals surface area (Å²) in [5, 5.41) is 0. The molecule has 0 N–H and O–H groups in total. The molecule has 0 aliphatic rings. The lowest BCUT2D eigenvalue weighted by molar-refractivity contribution is -0.156. The molecule has 0 spiro atoms. The van der Waals surface area contributed by atoms with Crippen LogP contribution in [-0.2, 0) is 23.9 Å². The van der Waals surface area contributed by atoms with E-state index in [0.29, 0.717) is 12.8 Å². The summed E-state index contributed by atoms with van der Waals surface area (Å²) in [6.07, 6.45) is 1.03. The zero-order valence-electron chi connectivity index (χ0n) is 10.8. The van der Waals surface area contributed by atoms with Crippen molar-refractivity contribution in [1.29, 1.82) is 0 Å². The van der Waals surface area contributed by atoms with Crippen molar-refractivity contribution in [2.24, 2.45) is 11.8 Å². The number of ketones is 1. The molecule has 0 aromatic carbocycles. The van der Waals surface area contributed by atoms with Gasteiger partial charge < -0.3 is 9.47 Å². The summed E-state index contributed by atoms with van der Waals surface area (Å²) >= 11 is 0. The van der Waals surface area contributed by atoms with Crippen molar-refractivity contribution in [3.05, 3.63) is 0 Å². The third-order valence-electron chi connectivity index (χ3n) is 2.82. The van der Waals surface area contributed by atoms with E-state index in [1.807, 2.05) is 13.8 Å². The molecular weight excluding hydrogens is 224 g/mol. The van der Waals surface area contributed by atoms with Gasteiger partial charge in [0.05, 0.1) is 20.6 Å². The van der Waals surface area contributed by atoms with Crippen LogP contribution in [0.5, 0.6) is 0 Å². The number of carbonyl (C=O) groups excluding carboxylic acids is 3. The Bertz CT molecular complexity index is 281. The summed E-state index contributed by atoms with van der Waals surface area (Å²) in [5.41, 5.74) is 0. The van der Waals surface area contributed by atoms with Crippen LogP contribution in [0.4, 0.5) is 0 Å². The van der Waals surface area contributed by atoms with Gasteiger partial charge in [0.15, 0.2) is 5.78 Å². The highest BCUT2D eigenvalue weighted by Crippen LogP contribution is 2.19. The Morgan fingerprint density at radius 2 is 1.53 bits per heavy atom. The number of hydrogen-bond donors (Lipinski definition) is 0. The van der Waals surface area contributed by atoms with Crippen LogP contribution < -0.4 is 0 Å². The number of methoxy groups -OCH3 is 2. The second kappa shape index (κ2) is 7.81. The third-order valence-corrected chi connectivity index (χ3v) is 2.82. The number of Topliss-reactive ketones (excluding diaryl/α,β-unsaturated/α-hetero) is 1. The van der Waals surface area contributed by atoms with Gasteiger partial charge in [0.25, 0.3) is 0 Å². The summed E-state index contributed by atoms with van der Waals surface area (Å²) in [6.45, 7) is 3.75. The van der Waals surface area contributed by atoms with Crippen LogP contribution in [0.1, 0.15) is 33.1 Å². The van der Waals surface area contributed by atoms with Gasteiger partial charge in [-0.3, -0.25) is 14.4 Å². The van der Waals surface area contributed by atoms with Crippen LogP contribution in [-0.4, -0.2) is 31.9 Å². The van der Waals surface area contributed by atoms with E-state index in [-0.39, 0.29) is 18.1 Å². The molecule has 0 aliphatic carbocycles. The summed E-state index contributed by atoms with van der Waals surface area (Å²) in [6, 6.07) is 0. The molecule has 0 bridgehead atoms. The lowest BCUT2D eigenvalue weighted by Gasteiger charge is -2.17. The summed E-state index contributed by atoms with van der Waals surface area (Å²) in [4.78, 5) is 34.7. The smallest absolute Gasteiger partial charge is 0.316 e. The summed E-state index contributed by atoms with van der Waals surface area (Å²) in [7, 11) is 2.42. The van der Waals surface area contributed by atoms with Crippen LogP contribution in [0.15, 0.2) is 0 Å². The number of esters is 2. The molecule has 0 saturated heterocycles. The largest absolute Gasteiger partial charge is 0.469 e. The van der Waals surface area contributed by atoms with Gasteiger partial charge in [0.1, 0.15) is 5.92 Å². The molecule has 0 heterocycles. The molecule has 1 unspecified atom stereocenters. The molecule has 17 heavy (non-hydrogen) atoms. The molecule has 0 amide bonds. The molecule has 1 atom stereocenters. The van der Waals surface area contributed by atoms with E-state index in [9.17, 15) is 14.4 Å². The number of ether oxygens (including phenoxy) is 2. The average molecular weight is 244 g/mol. The quantitative estimate of drug-likeness (QED) is 0.499. The molecule has 0 fully saturated rings. The second-order valence-electron chi connectivity index (χ2n) is 3.77. The average Bonchev–Trinajstić information content (AvgIpc) is 2.35. The molecule has 5 nitrogen and oxygen atoms in total. The minimum Gasteiger partial charge on any atom is -0.469 e. The predicted octanol–water partition coefficient (Wildman–Crippen LogP) is 1.34. The van der Waals surface area contributed by atoms with Crippen molar-refractivity contribution in [3.8, 4) is 0 Å². The first-order chi connectivity index (χ1) is 8.01. The lowest BCUT2D eigenvalue weighted by Crippen LogP contribution is -2.32. The van der Waals surface area contributed by atoms with Gasteiger partial charge in [0, 0.05) is 5.92 Å². The van der Waals surface area contributed by atoms with Crippen molar-refractivity contribution in [2.45, 2.75) is 33.1 Å². The van der Waals surface area contributed by atoms with E-state index in [0.717, 1.165) is 0 Å². The van der Waals surface area contributed by atoms with E-state index in [1.165, 1.54) is 14.2 Å². The van der Waals surface area contributed by atoms with Gasteiger partial charge in [-0.05, 0) is 12.8 Å². The Balaban J connectivity index is 4.84. The molecule has 0 radical (unpaired) electrons. The fraction of sp³-hybridized carbons (Fsp3) is 0.750. The van der Waals surface area contributed by atoms with E-state index >= 15 is 0 Å². The highest BCUT2D eigenvalue weighted by molar-refractivity contribution is 6.02. The summed E-state index contributed by atoms with van der Waals surface area (Å²) in [5.74, 6) is -2.76. The highest BCUT2D eigenvalue weighted by Gasteiger charge is 2.33. The van der Waals surface area contributed by atoms with Gasteiger partial charge in [-0.1, -0.05) is 13.8 Å². The minimum atomic E-state index is -1.04. The number of hydrogen-bond acceptors (Lipinski definition) is 5. The molecule has 0 rings (SSSR count). The van der Waals surface area contributed by atoms with Crippen LogP contribution in [0.2, 0.25) is 0 Å². The maximum Gasteiger partial charge on any atom is 0.316 e. The normalized spacial score (nSPS) is 12.1. The van der Waals surface area contributed by atoms with Crippen molar-refractivity contribution in [1.82, 2.24) is 0 Å². The van der Waals surface area contributed by atoms with Crippen molar-refractivity contribution in [3.63, 3.8) is 0 Å². The van der Waals surface area contributed by atoms with Crippen LogP contribution in [0.3, 0.4) is 0 Å². The molecule has 98 valence electrons. The minimum absolute atomic E-state index is 0.219. The zero-order valence-corrected chi connectivity index (χ0v) is 10.8.